The second-order valence-electron chi connectivity index (χ2n) is 9.03. The van der Waals surface area contributed by atoms with Crippen molar-refractivity contribution in [1.29, 1.82) is 0 Å². The summed E-state index contributed by atoms with van der Waals surface area (Å²) in [5, 5.41) is 14.0. The first kappa shape index (κ1) is 25.3. The lowest BCUT2D eigenvalue weighted by Gasteiger charge is -2.44. The highest BCUT2D eigenvalue weighted by molar-refractivity contribution is 5.89. The summed E-state index contributed by atoms with van der Waals surface area (Å²) in [4.78, 5) is 24.2. The first-order valence-electron chi connectivity index (χ1n) is 10.9. The fraction of sp³-hybridized carbons (Fsp3) is 0.360. The third kappa shape index (κ3) is 5.77. The standard InChI is InChI=1S/C25H28F3N3O3/c1-14-9-16-12-17(30-24(34)29-4)6-7-18(16)23(31(14)13-25(2,3)28)22-19(26)10-15(11-20(22)27)5-8-21(32)33/h5-8,10-12,14,23H,9,13H2,1-4H3,(H,32,33)(H2,29,30,34)/b8-5+/t14-,23+/m1/s1. The quantitative estimate of drug-likeness (QED) is 0.519. The van der Waals surface area contributed by atoms with Gasteiger partial charge in [0.1, 0.15) is 17.3 Å². The lowest BCUT2D eigenvalue weighted by Crippen LogP contribution is -2.48. The maximum Gasteiger partial charge on any atom is 0.328 e. The van der Waals surface area contributed by atoms with E-state index in [4.69, 9.17) is 5.11 Å². The van der Waals surface area contributed by atoms with Crippen molar-refractivity contribution in [1.82, 2.24) is 10.2 Å². The molecule has 1 aliphatic heterocycles. The molecule has 182 valence electrons. The number of rotatable bonds is 6. The topological polar surface area (TPSA) is 81.7 Å². The molecule has 1 heterocycles. The Balaban J connectivity index is 2.15. The summed E-state index contributed by atoms with van der Waals surface area (Å²) in [5.74, 6) is -2.95. The van der Waals surface area contributed by atoms with Gasteiger partial charge in [0, 0.05) is 37.0 Å². The maximum atomic E-state index is 15.3. The zero-order valence-electron chi connectivity index (χ0n) is 19.5. The summed E-state index contributed by atoms with van der Waals surface area (Å²) in [5.41, 5.74) is 0.120. The highest BCUT2D eigenvalue weighted by Gasteiger charge is 2.39. The van der Waals surface area contributed by atoms with Gasteiger partial charge in [0.15, 0.2) is 0 Å². The van der Waals surface area contributed by atoms with Gasteiger partial charge >= 0.3 is 12.0 Å². The van der Waals surface area contributed by atoms with Gasteiger partial charge < -0.3 is 15.7 Å². The SMILES string of the molecule is CNC(=O)Nc1ccc2c(c1)C[C@@H](C)N(CC(C)(C)F)[C@@H]2c1c(F)cc(/C=C/C(=O)O)cc1F. The van der Waals surface area contributed by atoms with E-state index in [-0.39, 0.29) is 23.7 Å². The highest BCUT2D eigenvalue weighted by Crippen LogP contribution is 2.42. The zero-order valence-corrected chi connectivity index (χ0v) is 19.5. The van der Waals surface area contributed by atoms with Crippen LogP contribution in [0.15, 0.2) is 36.4 Å². The number of anilines is 1. The number of urea groups is 1. The number of benzene rings is 2. The number of aliphatic carboxylic acids is 1. The van der Waals surface area contributed by atoms with E-state index < -0.39 is 35.3 Å². The normalized spacial score (nSPS) is 18.6. The molecule has 2 amide bonds. The molecule has 0 radical (unpaired) electrons. The molecule has 0 bridgehead atoms. The first-order valence-corrected chi connectivity index (χ1v) is 10.9. The van der Waals surface area contributed by atoms with Crippen LogP contribution in [0.3, 0.4) is 0 Å². The summed E-state index contributed by atoms with van der Waals surface area (Å²) in [7, 11) is 1.49. The lowest BCUT2D eigenvalue weighted by atomic mass is 9.83. The maximum absolute atomic E-state index is 15.3. The van der Waals surface area contributed by atoms with Crippen molar-refractivity contribution in [2.75, 3.05) is 18.9 Å². The number of carbonyl (C=O) groups is 2. The highest BCUT2D eigenvalue weighted by atomic mass is 19.1. The predicted octanol–water partition coefficient (Wildman–Crippen LogP) is 4.90. The zero-order chi connectivity index (χ0) is 25.2. The Bertz CT molecular complexity index is 1110. The number of fused-ring (bicyclic) bond motifs is 1. The molecular weight excluding hydrogens is 447 g/mol. The van der Waals surface area contributed by atoms with Crippen molar-refractivity contribution in [3.8, 4) is 0 Å². The number of alkyl halides is 1. The van der Waals surface area contributed by atoms with Crippen LogP contribution in [0.1, 0.15) is 49.1 Å². The van der Waals surface area contributed by atoms with Crippen molar-refractivity contribution in [3.05, 3.63) is 70.3 Å². The molecule has 0 spiro atoms. The van der Waals surface area contributed by atoms with Crippen LogP contribution in [-0.2, 0) is 11.2 Å². The van der Waals surface area contributed by atoms with Crippen molar-refractivity contribution in [3.63, 3.8) is 0 Å². The van der Waals surface area contributed by atoms with Crippen molar-refractivity contribution < 1.29 is 27.9 Å². The molecule has 0 aliphatic carbocycles. The van der Waals surface area contributed by atoms with Crippen LogP contribution in [0, 0.1) is 11.6 Å². The molecule has 2 atom stereocenters. The van der Waals surface area contributed by atoms with Crippen LogP contribution < -0.4 is 10.6 Å². The minimum atomic E-state index is -1.62. The molecule has 2 aromatic carbocycles. The van der Waals surface area contributed by atoms with E-state index >= 15 is 8.78 Å². The van der Waals surface area contributed by atoms with E-state index in [1.165, 1.54) is 20.9 Å². The van der Waals surface area contributed by atoms with Gasteiger partial charge in [0.25, 0.3) is 0 Å². The van der Waals surface area contributed by atoms with Gasteiger partial charge in [-0.3, -0.25) is 4.90 Å². The van der Waals surface area contributed by atoms with Gasteiger partial charge in [-0.1, -0.05) is 6.07 Å². The number of carbonyl (C=O) groups excluding carboxylic acids is 1. The van der Waals surface area contributed by atoms with E-state index in [0.29, 0.717) is 17.7 Å². The fourth-order valence-corrected chi connectivity index (χ4v) is 4.32. The molecule has 0 unspecified atom stereocenters. The largest absolute Gasteiger partial charge is 0.478 e. The van der Waals surface area contributed by atoms with Crippen molar-refractivity contribution >= 4 is 23.8 Å². The molecule has 1 aliphatic rings. The van der Waals surface area contributed by atoms with Gasteiger partial charge in [0.05, 0.1) is 6.04 Å². The Labute approximate surface area is 196 Å². The third-order valence-electron chi connectivity index (χ3n) is 5.69. The summed E-state index contributed by atoms with van der Waals surface area (Å²) in [6.45, 7) is 4.63. The molecule has 2 aromatic rings. The average Bonchev–Trinajstić information content (AvgIpc) is 2.72. The Morgan fingerprint density at radius 3 is 2.41 bits per heavy atom. The Morgan fingerprint density at radius 2 is 1.85 bits per heavy atom. The summed E-state index contributed by atoms with van der Waals surface area (Å²) in [6, 6.07) is 5.64. The van der Waals surface area contributed by atoms with Gasteiger partial charge in [-0.25, -0.2) is 22.8 Å². The fourth-order valence-electron chi connectivity index (χ4n) is 4.32. The van der Waals surface area contributed by atoms with E-state index in [2.05, 4.69) is 10.6 Å². The first-order chi connectivity index (χ1) is 15.9. The molecule has 3 rings (SSSR count). The lowest BCUT2D eigenvalue weighted by molar-refractivity contribution is -0.131. The molecule has 34 heavy (non-hydrogen) atoms. The minimum Gasteiger partial charge on any atom is -0.478 e. The van der Waals surface area contributed by atoms with Crippen LogP contribution in [-0.4, -0.2) is 47.3 Å². The number of amides is 2. The molecule has 6 nitrogen and oxygen atoms in total. The number of halogens is 3. The van der Waals surface area contributed by atoms with Crippen LogP contribution in [0.2, 0.25) is 0 Å². The number of nitrogens with one attached hydrogen (secondary N) is 2. The van der Waals surface area contributed by atoms with Gasteiger partial charge in [-0.15, -0.1) is 0 Å². The molecule has 9 heteroatoms. The van der Waals surface area contributed by atoms with E-state index in [1.54, 1.807) is 23.1 Å². The number of nitrogens with zero attached hydrogens (tertiary/aromatic N) is 1. The monoisotopic (exact) mass is 475 g/mol. The summed E-state index contributed by atoms with van der Waals surface area (Å²) in [6.07, 6.45) is 2.40. The molecule has 0 fully saturated rings. The average molecular weight is 476 g/mol. The third-order valence-corrected chi connectivity index (χ3v) is 5.69. The van der Waals surface area contributed by atoms with E-state index in [1.807, 2.05) is 6.92 Å². The van der Waals surface area contributed by atoms with Crippen LogP contribution in [0.5, 0.6) is 0 Å². The van der Waals surface area contributed by atoms with Crippen molar-refractivity contribution in [2.24, 2.45) is 0 Å². The Hall–Kier alpha value is -3.33. The Morgan fingerprint density at radius 1 is 1.21 bits per heavy atom. The van der Waals surface area contributed by atoms with Crippen LogP contribution in [0.4, 0.5) is 23.7 Å². The van der Waals surface area contributed by atoms with Crippen LogP contribution in [0.25, 0.3) is 6.08 Å². The second kappa shape index (κ2) is 9.89. The number of hydrogen-bond acceptors (Lipinski definition) is 3. The van der Waals surface area contributed by atoms with Crippen LogP contribution >= 0.6 is 0 Å². The summed E-state index contributed by atoms with van der Waals surface area (Å²) < 4.78 is 45.4. The molecular formula is C25H28F3N3O3. The van der Waals surface area contributed by atoms with Crippen molar-refractivity contribution in [2.45, 2.75) is 44.9 Å². The number of hydrogen-bond donors (Lipinski definition) is 3. The predicted molar refractivity (Wildman–Crippen MR) is 124 cm³/mol. The minimum absolute atomic E-state index is 0.0595. The van der Waals surface area contributed by atoms with Gasteiger partial charge in [0.2, 0.25) is 0 Å². The molecule has 0 saturated carbocycles. The van der Waals surface area contributed by atoms with Gasteiger partial charge in [-0.05, 0) is 74.2 Å². The van der Waals surface area contributed by atoms with E-state index in [0.717, 1.165) is 29.8 Å². The van der Waals surface area contributed by atoms with E-state index in [9.17, 15) is 14.0 Å². The second-order valence-corrected chi connectivity index (χ2v) is 9.03. The summed E-state index contributed by atoms with van der Waals surface area (Å²) >= 11 is 0. The molecule has 0 aromatic heterocycles. The Kier molecular flexibility index (Phi) is 7.35. The number of carboxylic acid groups (broad SMARTS) is 1. The smallest absolute Gasteiger partial charge is 0.328 e. The number of carboxylic acids is 1. The molecule has 3 N–H and O–H groups in total. The molecule has 0 saturated heterocycles. The van der Waals surface area contributed by atoms with Gasteiger partial charge in [-0.2, -0.15) is 0 Å².